The molecule has 2 N–H and O–H groups in total. The van der Waals surface area contributed by atoms with Crippen LogP contribution in [0.3, 0.4) is 0 Å². The van der Waals surface area contributed by atoms with Gasteiger partial charge < -0.3 is 19.9 Å². The molecule has 0 aromatic heterocycles. The topological polar surface area (TPSA) is 67.8 Å². The van der Waals surface area contributed by atoms with Crippen molar-refractivity contribution in [3.05, 3.63) is 0 Å². The molecule has 16 heavy (non-hydrogen) atoms. The number of hydrogen-bond acceptors (Lipinski definition) is 5. The van der Waals surface area contributed by atoms with Crippen LogP contribution in [-0.4, -0.2) is 50.1 Å². The molecule has 5 heteroatoms. The van der Waals surface area contributed by atoms with Crippen LogP contribution in [0.25, 0.3) is 0 Å². The zero-order valence-electron chi connectivity index (χ0n) is 9.78. The van der Waals surface area contributed by atoms with E-state index in [0.717, 1.165) is 26.1 Å². The van der Waals surface area contributed by atoms with Crippen molar-refractivity contribution >= 4 is 5.97 Å². The van der Waals surface area contributed by atoms with Crippen LogP contribution in [-0.2, 0) is 14.3 Å². The molecule has 0 amide bonds. The molecule has 0 aliphatic carbocycles. The molecular weight excluding hydrogens is 210 g/mol. The molecule has 1 atom stereocenters. The summed E-state index contributed by atoms with van der Waals surface area (Å²) >= 11 is 0. The van der Waals surface area contributed by atoms with E-state index in [1.807, 2.05) is 0 Å². The SMILES string of the molecule is COC(=O)CCC(O)CNC1CCOCC1. The highest BCUT2D eigenvalue weighted by atomic mass is 16.5. The summed E-state index contributed by atoms with van der Waals surface area (Å²) in [5.41, 5.74) is 0. The summed E-state index contributed by atoms with van der Waals surface area (Å²) in [6.45, 7) is 2.10. The van der Waals surface area contributed by atoms with Crippen molar-refractivity contribution in [2.45, 2.75) is 37.8 Å². The maximum atomic E-state index is 10.9. The number of rotatable bonds is 6. The third-order valence-electron chi connectivity index (χ3n) is 2.77. The fourth-order valence-electron chi connectivity index (χ4n) is 1.69. The molecule has 0 spiro atoms. The predicted molar refractivity (Wildman–Crippen MR) is 59.1 cm³/mol. The molecule has 1 rings (SSSR count). The number of carbonyl (C=O) groups is 1. The number of nitrogens with one attached hydrogen (secondary N) is 1. The van der Waals surface area contributed by atoms with E-state index in [1.54, 1.807) is 0 Å². The van der Waals surface area contributed by atoms with Crippen LogP contribution in [0.4, 0.5) is 0 Å². The standard InChI is InChI=1S/C11H21NO4/c1-15-11(14)3-2-10(13)8-12-9-4-6-16-7-5-9/h9-10,12-13H,2-8H2,1H3. The molecule has 1 heterocycles. The zero-order chi connectivity index (χ0) is 11.8. The normalized spacial score (nSPS) is 19.4. The summed E-state index contributed by atoms with van der Waals surface area (Å²) in [5, 5.41) is 12.9. The summed E-state index contributed by atoms with van der Waals surface area (Å²) in [6.07, 6.45) is 2.21. The first kappa shape index (κ1) is 13.4. The molecule has 0 saturated carbocycles. The van der Waals surface area contributed by atoms with E-state index >= 15 is 0 Å². The first-order valence-corrected chi connectivity index (χ1v) is 5.78. The van der Waals surface area contributed by atoms with Crippen molar-refractivity contribution in [2.75, 3.05) is 26.9 Å². The molecule has 1 saturated heterocycles. The Hall–Kier alpha value is -0.650. The van der Waals surface area contributed by atoms with Gasteiger partial charge in [0.15, 0.2) is 0 Å². The quantitative estimate of drug-likeness (QED) is 0.633. The van der Waals surface area contributed by atoms with Crippen LogP contribution in [0.15, 0.2) is 0 Å². The van der Waals surface area contributed by atoms with E-state index in [0.29, 0.717) is 19.0 Å². The summed E-state index contributed by atoms with van der Waals surface area (Å²) < 4.78 is 9.74. The highest BCUT2D eigenvalue weighted by Gasteiger charge is 2.15. The van der Waals surface area contributed by atoms with Crippen molar-refractivity contribution in [2.24, 2.45) is 0 Å². The maximum Gasteiger partial charge on any atom is 0.305 e. The van der Waals surface area contributed by atoms with E-state index in [4.69, 9.17) is 4.74 Å². The number of ether oxygens (including phenoxy) is 2. The molecule has 1 aliphatic heterocycles. The molecule has 1 fully saturated rings. The molecule has 5 nitrogen and oxygen atoms in total. The third-order valence-corrected chi connectivity index (χ3v) is 2.77. The van der Waals surface area contributed by atoms with Gasteiger partial charge in [0.1, 0.15) is 0 Å². The van der Waals surface area contributed by atoms with E-state index in [2.05, 4.69) is 10.1 Å². The van der Waals surface area contributed by atoms with Gasteiger partial charge in [0.05, 0.1) is 13.2 Å². The van der Waals surface area contributed by atoms with Gasteiger partial charge in [-0.1, -0.05) is 0 Å². The molecule has 1 unspecified atom stereocenters. The second kappa shape index (κ2) is 7.60. The minimum absolute atomic E-state index is 0.271. The Labute approximate surface area is 96.1 Å². The second-order valence-electron chi connectivity index (χ2n) is 4.06. The summed E-state index contributed by atoms with van der Waals surface area (Å²) in [4.78, 5) is 10.9. The number of carbonyl (C=O) groups excluding carboxylic acids is 1. The van der Waals surface area contributed by atoms with Gasteiger partial charge in [0, 0.05) is 32.2 Å². The van der Waals surface area contributed by atoms with Crippen molar-refractivity contribution in [3.8, 4) is 0 Å². The van der Waals surface area contributed by atoms with Crippen LogP contribution in [0, 0.1) is 0 Å². The first-order valence-electron chi connectivity index (χ1n) is 5.78. The Morgan fingerprint density at radius 2 is 2.25 bits per heavy atom. The molecule has 0 bridgehead atoms. The summed E-state index contributed by atoms with van der Waals surface area (Å²) in [5.74, 6) is -0.273. The average molecular weight is 231 g/mol. The number of aliphatic hydroxyl groups is 1. The molecular formula is C11H21NO4. The number of hydrogen-bond donors (Lipinski definition) is 2. The molecule has 1 aliphatic rings. The van der Waals surface area contributed by atoms with Crippen LogP contribution in [0.2, 0.25) is 0 Å². The Balaban J connectivity index is 2.04. The largest absolute Gasteiger partial charge is 0.469 e. The summed E-state index contributed by atoms with van der Waals surface area (Å²) in [7, 11) is 1.36. The lowest BCUT2D eigenvalue weighted by Gasteiger charge is -2.24. The van der Waals surface area contributed by atoms with E-state index in [1.165, 1.54) is 7.11 Å². The van der Waals surface area contributed by atoms with Crippen LogP contribution in [0.5, 0.6) is 0 Å². The lowest BCUT2D eigenvalue weighted by molar-refractivity contribution is -0.141. The molecule has 0 radical (unpaired) electrons. The van der Waals surface area contributed by atoms with Crippen molar-refractivity contribution in [3.63, 3.8) is 0 Å². The third kappa shape index (κ3) is 5.44. The molecule has 0 aromatic carbocycles. The lowest BCUT2D eigenvalue weighted by atomic mass is 10.1. The Kier molecular flexibility index (Phi) is 6.37. The molecule has 0 aromatic rings. The second-order valence-corrected chi connectivity index (χ2v) is 4.06. The smallest absolute Gasteiger partial charge is 0.305 e. The van der Waals surface area contributed by atoms with Gasteiger partial charge in [-0.25, -0.2) is 0 Å². The Morgan fingerprint density at radius 3 is 2.88 bits per heavy atom. The van der Waals surface area contributed by atoms with Gasteiger partial charge in [0.2, 0.25) is 0 Å². The van der Waals surface area contributed by atoms with E-state index in [-0.39, 0.29) is 12.4 Å². The minimum Gasteiger partial charge on any atom is -0.469 e. The minimum atomic E-state index is -0.484. The van der Waals surface area contributed by atoms with E-state index < -0.39 is 6.10 Å². The van der Waals surface area contributed by atoms with Crippen LogP contribution >= 0.6 is 0 Å². The van der Waals surface area contributed by atoms with Crippen LogP contribution in [0.1, 0.15) is 25.7 Å². The van der Waals surface area contributed by atoms with Gasteiger partial charge in [-0.2, -0.15) is 0 Å². The van der Waals surface area contributed by atoms with Gasteiger partial charge in [-0.15, -0.1) is 0 Å². The van der Waals surface area contributed by atoms with Gasteiger partial charge >= 0.3 is 5.97 Å². The fourth-order valence-corrected chi connectivity index (χ4v) is 1.69. The highest BCUT2D eigenvalue weighted by Crippen LogP contribution is 2.06. The zero-order valence-corrected chi connectivity index (χ0v) is 9.78. The van der Waals surface area contributed by atoms with Crippen molar-refractivity contribution in [1.29, 1.82) is 0 Å². The highest BCUT2D eigenvalue weighted by molar-refractivity contribution is 5.69. The van der Waals surface area contributed by atoms with Crippen molar-refractivity contribution in [1.82, 2.24) is 5.32 Å². The fraction of sp³-hybridized carbons (Fsp3) is 0.909. The maximum absolute atomic E-state index is 10.9. The average Bonchev–Trinajstić information content (AvgIpc) is 2.34. The molecule has 94 valence electrons. The Morgan fingerprint density at radius 1 is 1.56 bits per heavy atom. The van der Waals surface area contributed by atoms with E-state index in [9.17, 15) is 9.90 Å². The lowest BCUT2D eigenvalue weighted by Crippen LogP contribution is -2.39. The number of methoxy groups -OCH3 is 1. The summed E-state index contributed by atoms with van der Waals surface area (Å²) in [6, 6.07) is 0.432. The van der Waals surface area contributed by atoms with Gasteiger partial charge in [-0.3, -0.25) is 4.79 Å². The van der Waals surface area contributed by atoms with Gasteiger partial charge in [0.25, 0.3) is 0 Å². The number of esters is 1. The van der Waals surface area contributed by atoms with Gasteiger partial charge in [-0.05, 0) is 19.3 Å². The Bertz CT molecular complexity index is 204. The number of aliphatic hydroxyl groups excluding tert-OH is 1. The van der Waals surface area contributed by atoms with Crippen LogP contribution < -0.4 is 5.32 Å². The van der Waals surface area contributed by atoms with Crippen molar-refractivity contribution < 1.29 is 19.4 Å². The predicted octanol–water partition coefficient (Wildman–Crippen LogP) is 0.0691. The first-order chi connectivity index (χ1) is 7.72. The monoisotopic (exact) mass is 231 g/mol.